The van der Waals surface area contributed by atoms with E-state index >= 15 is 0 Å². The summed E-state index contributed by atoms with van der Waals surface area (Å²) in [5.41, 5.74) is 7.58. The van der Waals surface area contributed by atoms with Gasteiger partial charge in [-0.15, -0.1) is 0 Å². The van der Waals surface area contributed by atoms with Crippen molar-refractivity contribution in [1.29, 1.82) is 0 Å². The van der Waals surface area contributed by atoms with Gasteiger partial charge in [-0.05, 0) is 35.0 Å². The van der Waals surface area contributed by atoms with Crippen LogP contribution >= 0.6 is 15.9 Å². The van der Waals surface area contributed by atoms with Crippen LogP contribution in [0.4, 0.5) is 5.69 Å². The van der Waals surface area contributed by atoms with E-state index in [-0.39, 0.29) is 0 Å². The van der Waals surface area contributed by atoms with Crippen LogP contribution in [0, 0.1) is 0 Å². The van der Waals surface area contributed by atoms with E-state index in [1.807, 2.05) is 23.0 Å². The molecule has 4 heteroatoms. The van der Waals surface area contributed by atoms with Crippen LogP contribution in [0.25, 0.3) is 10.9 Å². The second-order valence-electron chi connectivity index (χ2n) is 2.90. The van der Waals surface area contributed by atoms with Gasteiger partial charge in [0.1, 0.15) is 0 Å². The molecule has 0 radical (unpaired) electrons. The Balaban J connectivity index is 2.82. The van der Waals surface area contributed by atoms with Crippen LogP contribution in [0.2, 0.25) is 0 Å². The monoisotopic (exact) mass is 239 g/mol. The number of benzene rings is 1. The van der Waals surface area contributed by atoms with E-state index in [1.54, 1.807) is 0 Å². The largest absolute Gasteiger partial charge is 0.399 e. The second kappa shape index (κ2) is 3.03. The van der Waals surface area contributed by atoms with Gasteiger partial charge in [0.05, 0.1) is 11.7 Å². The SMILES string of the molecule is CCn1ncc2cc(N)cc(Br)c21. The lowest BCUT2D eigenvalue weighted by Crippen LogP contribution is -1.96. The van der Waals surface area contributed by atoms with Crippen molar-refractivity contribution < 1.29 is 0 Å². The average molecular weight is 240 g/mol. The van der Waals surface area contributed by atoms with Crippen molar-refractivity contribution in [3.8, 4) is 0 Å². The van der Waals surface area contributed by atoms with E-state index in [4.69, 9.17) is 5.73 Å². The zero-order valence-corrected chi connectivity index (χ0v) is 8.87. The van der Waals surface area contributed by atoms with Gasteiger partial charge in [0.2, 0.25) is 0 Å². The van der Waals surface area contributed by atoms with Crippen LogP contribution in [0.1, 0.15) is 6.92 Å². The summed E-state index contributed by atoms with van der Waals surface area (Å²) in [6.45, 7) is 2.93. The van der Waals surface area contributed by atoms with Gasteiger partial charge in [-0.25, -0.2) is 0 Å². The lowest BCUT2D eigenvalue weighted by molar-refractivity contribution is 0.683. The average Bonchev–Trinajstić information content (AvgIpc) is 2.47. The lowest BCUT2D eigenvalue weighted by Gasteiger charge is -2.01. The minimum Gasteiger partial charge on any atom is -0.399 e. The molecule has 0 aliphatic heterocycles. The molecule has 3 nitrogen and oxygen atoms in total. The van der Waals surface area contributed by atoms with E-state index in [2.05, 4.69) is 28.0 Å². The van der Waals surface area contributed by atoms with E-state index in [9.17, 15) is 0 Å². The van der Waals surface area contributed by atoms with Gasteiger partial charge in [-0.2, -0.15) is 5.10 Å². The maximum Gasteiger partial charge on any atom is 0.0825 e. The molecular weight excluding hydrogens is 230 g/mol. The number of hydrogen-bond acceptors (Lipinski definition) is 2. The number of nitrogens with zero attached hydrogens (tertiary/aromatic N) is 2. The second-order valence-corrected chi connectivity index (χ2v) is 3.76. The zero-order valence-electron chi connectivity index (χ0n) is 7.29. The fourth-order valence-electron chi connectivity index (χ4n) is 1.44. The minimum atomic E-state index is 0.759. The molecule has 0 unspecified atom stereocenters. The summed E-state index contributed by atoms with van der Waals surface area (Å²) in [6.07, 6.45) is 1.83. The normalized spacial score (nSPS) is 10.9. The number of hydrogen-bond donors (Lipinski definition) is 1. The van der Waals surface area contributed by atoms with Crippen molar-refractivity contribution >= 4 is 32.5 Å². The third-order valence-corrected chi connectivity index (χ3v) is 2.61. The van der Waals surface area contributed by atoms with Gasteiger partial charge in [0.25, 0.3) is 0 Å². The molecule has 0 aliphatic carbocycles. The Morgan fingerprint density at radius 1 is 1.54 bits per heavy atom. The molecule has 0 saturated heterocycles. The van der Waals surface area contributed by atoms with Crippen LogP contribution in [0.15, 0.2) is 22.8 Å². The summed E-state index contributed by atoms with van der Waals surface area (Å²) in [5, 5.41) is 5.32. The minimum absolute atomic E-state index is 0.759. The van der Waals surface area contributed by atoms with Gasteiger partial charge in [0.15, 0.2) is 0 Å². The quantitative estimate of drug-likeness (QED) is 0.778. The van der Waals surface area contributed by atoms with Crippen LogP contribution in [0.3, 0.4) is 0 Å². The predicted octanol–water partition coefficient (Wildman–Crippen LogP) is 2.40. The van der Waals surface area contributed by atoms with Gasteiger partial charge in [0, 0.05) is 22.1 Å². The smallest absolute Gasteiger partial charge is 0.0825 e. The van der Waals surface area contributed by atoms with Crippen molar-refractivity contribution in [2.75, 3.05) is 5.73 Å². The van der Waals surface area contributed by atoms with Crippen LogP contribution in [-0.4, -0.2) is 9.78 Å². The fourth-order valence-corrected chi connectivity index (χ4v) is 2.14. The Morgan fingerprint density at radius 2 is 2.31 bits per heavy atom. The Labute approximate surface area is 84.7 Å². The molecule has 1 aromatic heterocycles. The van der Waals surface area contributed by atoms with E-state index in [0.717, 1.165) is 27.6 Å². The summed E-state index contributed by atoms with van der Waals surface area (Å²) in [4.78, 5) is 0. The topological polar surface area (TPSA) is 43.8 Å². The molecule has 2 N–H and O–H groups in total. The molecule has 0 spiro atoms. The number of halogens is 1. The van der Waals surface area contributed by atoms with Crippen molar-refractivity contribution in [3.63, 3.8) is 0 Å². The Morgan fingerprint density at radius 3 is 3.00 bits per heavy atom. The first-order chi connectivity index (χ1) is 6.22. The van der Waals surface area contributed by atoms with Gasteiger partial charge in [-0.3, -0.25) is 4.68 Å². The molecule has 68 valence electrons. The molecule has 1 heterocycles. The van der Waals surface area contributed by atoms with Crippen LogP contribution in [-0.2, 0) is 6.54 Å². The molecule has 0 fully saturated rings. The summed E-state index contributed by atoms with van der Waals surface area (Å²) in [6, 6.07) is 3.83. The number of fused-ring (bicyclic) bond motifs is 1. The molecular formula is C9H10BrN3. The predicted molar refractivity (Wildman–Crippen MR) is 57.5 cm³/mol. The Hall–Kier alpha value is -1.03. The van der Waals surface area contributed by atoms with Gasteiger partial charge in [-0.1, -0.05) is 0 Å². The highest BCUT2D eigenvalue weighted by Gasteiger charge is 2.05. The van der Waals surface area contributed by atoms with Crippen LogP contribution < -0.4 is 5.73 Å². The number of nitrogen functional groups attached to an aromatic ring is 1. The van der Waals surface area contributed by atoms with Gasteiger partial charge >= 0.3 is 0 Å². The van der Waals surface area contributed by atoms with Crippen molar-refractivity contribution in [2.24, 2.45) is 0 Å². The maximum atomic E-state index is 5.71. The molecule has 2 aromatic rings. The first-order valence-electron chi connectivity index (χ1n) is 4.13. The summed E-state index contributed by atoms with van der Waals surface area (Å²) in [5.74, 6) is 0. The Kier molecular flexibility index (Phi) is 2.00. The highest BCUT2D eigenvalue weighted by Crippen LogP contribution is 2.26. The molecule has 1 aromatic carbocycles. The fraction of sp³-hybridized carbons (Fsp3) is 0.222. The highest BCUT2D eigenvalue weighted by molar-refractivity contribution is 9.10. The van der Waals surface area contributed by atoms with Crippen LogP contribution in [0.5, 0.6) is 0 Å². The number of nitrogens with two attached hydrogens (primary N) is 1. The van der Waals surface area contributed by atoms with Gasteiger partial charge < -0.3 is 5.73 Å². The van der Waals surface area contributed by atoms with Crippen molar-refractivity contribution in [2.45, 2.75) is 13.5 Å². The third kappa shape index (κ3) is 1.31. The molecule has 0 amide bonds. The van der Waals surface area contributed by atoms with E-state index in [1.165, 1.54) is 0 Å². The van der Waals surface area contributed by atoms with Crippen molar-refractivity contribution in [3.05, 3.63) is 22.8 Å². The lowest BCUT2D eigenvalue weighted by atomic mass is 10.2. The first kappa shape index (κ1) is 8.56. The number of anilines is 1. The van der Waals surface area contributed by atoms with E-state index in [0.29, 0.717) is 0 Å². The molecule has 2 rings (SSSR count). The number of aryl methyl sites for hydroxylation is 1. The molecule has 0 saturated carbocycles. The highest BCUT2D eigenvalue weighted by atomic mass is 79.9. The summed E-state index contributed by atoms with van der Waals surface area (Å²) < 4.78 is 2.95. The zero-order chi connectivity index (χ0) is 9.42. The molecule has 0 bridgehead atoms. The molecule has 13 heavy (non-hydrogen) atoms. The number of aromatic nitrogens is 2. The first-order valence-corrected chi connectivity index (χ1v) is 4.92. The standard InChI is InChI=1S/C9H10BrN3/c1-2-13-9-6(5-12-13)3-7(11)4-8(9)10/h3-5H,2,11H2,1H3. The third-order valence-electron chi connectivity index (χ3n) is 2.01. The maximum absolute atomic E-state index is 5.71. The summed E-state index contributed by atoms with van der Waals surface area (Å²) >= 11 is 3.48. The van der Waals surface area contributed by atoms with Crippen molar-refractivity contribution in [1.82, 2.24) is 9.78 Å². The van der Waals surface area contributed by atoms with E-state index < -0.39 is 0 Å². The summed E-state index contributed by atoms with van der Waals surface area (Å²) in [7, 11) is 0. The number of rotatable bonds is 1. The molecule has 0 atom stereocenters. The Bertz CT molecular complexity index is 447. The molecule has 0 aliphatic rings.